The fourth-order valence-electron chi connectivity index (χ4n) is 4.42. The highest BCUT2D eigenvalue weighted by molar-refractivity contribution is 6.51. The number of benzene rings is 3. The van der Waals surface area contributed by atoms with Crippen molar-refractivity contribution in [2.45, 2.75) is 33.7 Å². The maximum Gasteiger partial charge on any atom is 0.300 e. The maximum atomic E-state index is 13.4. The van der Waals surface area contributed by atoms with Crippen molar-refractivity contribution in [3.63, 3.8) is 0 Å². The smallest absolute Gasteiger partial charge is 0.300 e. The van der Waals surface area contributed by atoms with E-state index in [1.54, 1.807) is 49.6 Å². The lowest BCUT2D eigenvalue weighted by Crippen LogP contribution is -2.29. The second kappa shape index (κ2) is 10.3. The van der Waals surface area contributed by atoms with Gasteiger partial charge in [-0.15, -0.1) is 0 Å². The van der Waals surface area contributed by atoms with Crippen LogP contribution >= 0.6 is 0 Å². The molecule has 1 N–H and O–H groups in total. The molecule has 0 radical (unpaired) electrons. The van der Waals surface area contributed by atoms with E-state index in [9.17, 15) is 14.7 Å². The number of nitrogens with zero attached hydrogens (tertiary/aromatic N) is 1. The molecule has 1 aliphatic heterocycles. The summed E-state index contributed by atoms with van der Waals surface area (Å²) in [4.78, 5) is 28.2. The molecule has 1 atom stereocenters. The van der Waals surface area contributed by atoms with Crippen molar-refractivity contribution < 1.29 is 24.2 Å². The molecule has 0 saturated carbocycles. The number of aliphatic hydroxyl groups is 1. The molecule has 0 bridgehead atoms. The molecule has 36 heavy (non-hydrogen) atoms. The van der Waals surface area contributed by atoms with Crippen LogP contribution in [0.15, 0.2) is 72.3 Å². The minimum atomic E-state index is -0.796. The van der Waals surface area contributed by atoms with Gasteiger partial charge in [0.05, 0.1) is 25.3 Å². The number of aliphatic hydroxyl groups excluding tert-OH is 1. The first-order valence-electron chi connectivity index (χ1n) is 12.0. The first kappa shape index (κ1) is 25.0. The number of ether oxygens (including phenoxy) is 2. The third kappa shape index (κ3) is 4.71. The normalized spacial score (nSPS) is 17.1. The summed E-state index contributed by atoms with van der Waals surface area (Å²) in [5.74, 6) is -0.00389. The van der Waals surface area contributed by atoms with Crippen LogP contribution in [0.1, 0.15) is 42.1 Å². The minimum Gasteiger partial charge on any atom is -0.507 e. The molecule has 1 amide bonds. The molecule has 0 spiro atoms. The van der Waals surface area contributed by atoms with Gasteiger partial charge in [-0.2, -0.15) is 0 Å². The second-order valence-electron chi connectivity index (χ2n) is 9.41. The maximum absolute atomic E-state index is 13.4. The number of amides is 1. The summed E-state index contributed by atoms with van der Waals surface area (Å²) < 4.78 is 11.2. The van der Waals surface area contributed by atoms with Crippen LogP contribution in [0.4, 0.5) is 5.69 Å². The van der Waals surface area contributed by atoms with Gasteiger partial charge in [0.25, 0.3) is 11.7 Å². The van der Waals surface area contributed by atoms with E-state index in [1.165, 1.54) is 4.90 Å². The van der Waals surface area contributed by atoms with E-state index < -0.39 is 17.7 Å². The van der Waals surface area contributed by atoms with Gasteiger partial charge in [-0.3, -0.25) is 14.5 Å². The van der Waals surface area contributed by atoms with E-state index >= 15 is 0 Å². The predicted molar refractivity (Wildman–Crippen MR) is 140 cm³/mol. The van der Waals surface area contributed by atoms with Crippen LogP contribution < -0.4 is 14.4 Å². The molecule has 3 aromatic carbocycles. The van der Waals surface area contributed by atoms with Gasteiger partial charge in [0.1, 0.15) is 17.3 Å². The molecule has 3 aromatic rings. The number of aryl methyl sites for hydroxylation is 2. The molecule has 1 fully saturated rings. The monoisotopic (exact) mass is 485 g/mol. The number of Topliss-reactive ketones (excluding diaryl/α,β-unsaturated/α-hetero) is 1. The van der Waals surface area contributed by atoms with Crippen molar-refractivity contribution in [2.75, 3.05) is 18.6 Å². The quantitative estimate of drug-likeness (QED) is 0.253. The number of hydrogen-bond acceptors (Lipinski definition) is 5. The molecule has 1 saturated heterocycles. The molecular weight excluding hydrogens is 454 g/mol. The lowest BCUT2D eigenvalue weighted by molar-refractivity contribution is -0.132. The van der Waals surface area contributed by atoms with Gasteiger partial charge < -0.3 is 14.6 Å². The fraction of sp³-hybridized carbons (Fsp3) is 0.267. The van der Waals surface area contributed by atoms with Gasteiger partial charge in [0, 0.05) is 17.3 Å². The van der Waals surface area contributed by atoms with Gasteiger partial charge in [-0.25, -0.2) is 0 Å². The van der Waals surface area contributed by atoms with E-state index in [0.717, 1.165) is 16.7 Å². The Bertz CT molecular complexity index is 1340. The molecule has 6 heteroatoms. The van der Waals surface area contributed by atoms with E-state index in [2.05, 4.69) is 13.8 Å². The van der Waals surface area contributed by atoms with Gasteiger partial charge in [-0.05, 0) is 66.8 Å². The highest BCUT2D eigenvalue weighted by Gasteiger charge is 2.47. The summed E-state index contributed by atoms with van der Waals surface area (Å²) in [5.41, 5.74) is 3.50. The summed E-state index contributed by atoms with van der Waals surface area (Å²) in [6, 6.07) is 19.0. The van der Waals surface area contributed by atoms with Crippen LogP contribution in [0.3, 0.4) is 0 Å². The lowest BCUT2D eigenvalue weighted by atomic mass is 9.92. The van der Waals surface area contributed by atoms with E-state index in [1.807, 2.05) is 38.1 Å². The molecule has 1 unspecified atom stereocenters. The summed E-state index contributed by atoms with van der Waals surface area (Å²) in [5, 5.41) is 11.4. The average molecular weight is 486 g/mol. The number of methoxy groups -OCH3 is 1. The van der Waals surface area contributed by atoms with Crippen molar-refractivity contribution >= 4 is 23.1 Å². The molecule has 1 aliphatic rings. The van der Waals surface area contributed by atoms with E-state index in [0.29, 0.717) is 35.3 Å². The Balaban J connectivity index is 1.87. The number of ketones is 1. The van der Waals surface area contributed by atoms with Crippen molar-refractivity contribution in [3.8, 4) is 11.5 Å². The number of hydrogen-bond donors (Lipinski definition) is 1. The van der Waals surface area contributed by atoms with Gasteiger partial charge in [-0.1, -0.05) is 44.2 Å². The summed E-state index contributed by atoms with van der Waals surface area (Å²) >= 11 is 0. The summed E-state index contributed by atoms with van der Waals surface area (Å²) in [6.07, 6.45) is 0. The molecule has 0 aromatic heterocycles. The van der Waals surface area contributed by atoms with Crippen LogP contribution in [-0.2, 0) is 9.59 Å². The largest absolute Gasteiger partial charge is 0.507 e. The lowest BCUT2D eigenvalue weighted by Gasteiger charge is -2.27. The number of carbonyl (C=O) groups is 2. The van der Waals surface area contributed by atoms with Gasteiger partial charge in [0.2, 0.25) is 0 Å². The third-order valence-electron chi connectivity index (χ3n) is 6.28. The Morgan fingerprint density at radius 2 is 1.72 bits per heavy atom. The Morgan fingerprint density at radius 1 is 0.972 bits per heavy atom. The topological polar surface area (TPSA) is 76.1 Å². The van der Waals surface area contributed by atoms with Crippen LogP contribution in [-0.4, -0.2) is 30.5 Å². The molecule has 0 aliphatic carbocycles. The number of anilines is 1. The highest BCUT2D eigenvalue weighted by atomic mass is 16.5. The molecule has 186 valence electrons. The number of rotatable bonds is 7. The summed E-state index contributed by atoms with van der Waals surface area (Å²) in [6.45, 7) is 8.53. The Hall–Kier alpha value is -4.06. The zero-order chi connectivity index (χ0) is 26.0. The van der Waals surface area contributed by atoms with E-state index in [4.69, 9.17) is 9.47 Å². The Kier molecular flexibility index (Phi) is 7.15. The standard InChI is InChI=1S/C30H31NO5/c1-18(2)17-36-25-14-13-21(15-20(25)4)28(32)26-27(24-12-7-6-9-19(24)3)31(30(34)29(26)33)22-10-8-11-23(16-22)35-5/h6-16,18,27,32H,17H2,1-5H3/b28-26+. The van der Waals surface area contributed by atoms with E-state index in [-0.39, 0.29) is 11.3 Å². The minimum absolute atomic E-state index is 0.0485. The van der Waals surface area contributed by atoms with Crippen LogP contribution in [0.5, 0.6) is 11.5 Å². The summed E-state index contributed by atoms with van der Waals surface area (Å²) in [7, 11) is 1.54. The third-order valence-corrected chi connectivity index (χ3v) is 6.28. The van der Waals surface area contributed by atoms with Crippen LogP contribution in [0, 0.1) is 19.8 Å². The second-order valence-corrected chi connectivity index (χ2v) is 9.41. The Morgan fingerprint density at radius 3 is 2.39 bits per heavy atom. The van der Waals surface area contributed by atoms with Gasteiger partial charge in [0.15, 0.2) is 0 Å². The first-order chi connectivity index (χ1) is 17.2. The molecule has 1 heterocycles. The zero-order valence-corrected chi connectivity index (χ0v) is 21.2. The SMILES string of the molecule is COc1cccc(N2C(=O)C(=O)/C(=C(/O)c3ccc(OCC(C)C)c(C)c3)C2c2ccccc2C)c1. The van der Waals surface area contributed by atoms with Crippen LogP contribution in [0.2, 0.25) is 0 Å². The van der Waals surface area contributed by atoms with Crippen molar-refractivity contribution in [2.24, 2.45) is 5.92 Å². The van der Waals surface area contributed by atoms with Crippen molar-refractivity contribution in [1.82, 2.24) is 0 Å². The fourth-order valence-corrected chi connectivity index (χ4v) is 4.42. The zero-order valence-electron chi connectivity index (χ0n) is 21.2. The average Bonchev–Trinajstić information content (AvgIpc) is 3.13. The highest BCUT2D eigenvalue weighted by Crippen LogP contribution is 2.43. The van der Waals surface area contributed by atoms with Gasteiger partial charge >= 0.3 is 0 Å². The Labute approximate surface area is 211 Å². The van der Waals surface area contributed by atoms with Crippen LogP contribution in [0.25, 0.3) is 5.76 Å². The number of carbonyl (C=O) groups excluding carboxylic acids is 2. The molecular formula is C30H31NO5. The van der Waals surface area contributed by atoms with Crippen molar-refractivity contribution in [1.29, 1.82) is 0 Å². The predicted octanol–water partition coefficient (Wildman–Crippen LogP) is 5.97. The molecule has 6 nitrogen and oxygen atoms in total. The molecule has 4 rings (SSSR count). The first-order valence-corrected chi connectivity index (χ1v) is 12.0. The van der Waals surface area contributed by atoms with Crippen molar-refractivity contribution in [3.05, 3.63) is 94.6 Å².